The van der Waals surface area contributed by atoms with Crippen molar-refractivity contribution in [3.8, 4) is 5.75 Å². The molecule has 0 amide bonds. The van der Waals surface area contributed by atoms with E-state index in [9.17, 15) is 13.9 Å². The number of piperazine rings is 1. The van der Waals surface area contributed by atoms with Gasteiger partial charge >= 0.3 is 0 Å². The van der Waals surface area contributed by atoms with E-state index in [-0.39, 0.29) is 18.2 Å². The molecule has 0 aromatic heterocycles. The number of aromatic hydroxyl groups is 1. The van der Waals surface area contributed by atoms with Gasteiger partial charge in [-0.25, -0.2) is 8.78 Å². The van der Waals surface area contributed by atoms with Gasteiger partial charge in [0.2, 0.25) is 0 Å². The van der Waals surface area contributed by atoms with Crippen LogP contribution in [0.5, 0.6) is 5.75 Å². The highest BCUT2D eigenvalue weighted by Crippen LogP contribution is 2.36. The molecule has 114 valence electrons. The number of rotatable bonds is 4. The van der Waals surface area contributed by atoms with Crippen molar-refractivity contribution in [1.29, 1.82) is 0 Å². The molecule has 1 heterocycles. The molecular weight excluding hydrogens is 290 g/mol. The molecule has 1 aliphatic rings. The third-order valence-electron chi connectivity index (χ3n) is 3.34. The predicted molar refractivity (Wildman–Crippen MR) is 74.6 cm³/mol. The minimum absolute atomic E-state index is 0. The molecular formula is C13H19ClF2N2O2. The summed E-state index contributed by atoms with van der Waals surface area (Å²) in [6.07, 6.45) is 0. The predicted octanol–water partition coefficient (Wildman–Crippen LogP) is 1.39. The normalized spacial score (nSPS) is 18.4. The molecule has 1 aliphatic heterocycles. The lowest BCUT2D eigenvalue weighted by atomic mass is 9.98. The lowest BCUT2D eigenvalue weighted by Crippen LogP contribution is -2.51. The first kappa shape index (κ1) is 17.1. The monoisotopic (exact) mass is 308 g/mol. The summed E-state index contributed by atoms with van der Waals surface area (Å²) in [6, 6.07) is 4.56. The maximum atomic E-state index is 14.0. The van der Waals surface area contributed by atoms with E-state index < -0.39 is 18.6 Å². The fourth-order valence-electron chi connectivity index (χ4n) is 2.41. The van der Waals surface area contributed by atoms with E-state index in [4.69, 9.17) is 5.11 Å². The number of benzene rings is 1. The van der Waals surface area contributed by atoms with Crippen LogP contribution in [0.4, 0.5) is 8.78 Å². The van der Waals surface area contributed by atoms with E-state index >= 15 is 0 Å². The number of hydrogen-bond donors (Lipinski definition) is 3. The first-order valence-electron chi connectivity index (χ1n) is 6.27. The van der Waals surface area contributed by atoms with Crippen LogP contribution in [0.1, 0.15) is 11.6 Å². The van der Waals surface area contributed by atoms with Crippen LogP contribution >= 0.6 is 12.4 Å². The quantitative estimate of drug-likeness (QED) is 0.787. The van der Waals surface area contributed by atoms with Crippen LogP contribution in [-0.4, -0.2) is 53.8 Å². The molecule has 3 N–H and O–H groups in total. The first-order chi connectivity index (χ1) is 9.04. The molecule has 0 saturated carbocycles. The summed E-state index contributed by atoms with van der Waals surface area (Å²) < 4.78 is 28.0. The molecule has 1 atom stereocenters. The van der Waals surface area contributed by atoms with Gasteiger partial charge < -0.3 is 15.5 Å². The van der Waals surface area contributed by atoms with Crippen molar-refractivity contribution < 1.29 is 19.0 Å². The average molecular weight is 309 g/mol. The molecule has 0 aliphatic carbocycles. The molecule has 1 aromatic carbocycles. The standard InChI is InChI=1S/C13H18F2N2O2.ClH/c14-13(15,9-18)12(17-7-5-16-6-8-17)10-1-3-11(19)4-2-10;/h1-4,12,16,18-19H,5-9H2;1H/t12-;/m1./s1. The lowest BCUT2D eigenvalue weighted by Gasteiger charge is -2.38. The highest BCUT2D eigenvalue weighted by molar-refractivity contribution is 5.85. The van der Waals surface area contributed by atoms with Gasteiger partial charge in [0.25, 0.3) is 5.92 Å². The summed E-state index contributed by atoms with van der Waals surface area (Å²) >= 11 is 0. The Morgan fingerprint density at radius 3 is 2.25 bits per heavy atom. The SMILES string of the molecule is Cl.OCC(F)(F)[C@@H](c1ccc(O)cc1)N1CCNCC1. The maximum Gasteiger partial charge on any atom is 0.289 e. The molecule has 0 spiro atoms. The minimum Gasteiger partial charge on any atom is -0.508 e. The average Bonchev–Trinajstić information content (AvgIpc) is 2.42. The van der Waals surface area contributed by atoms with Crippen molar-refractivity contribution in [3.05, 3.63) is 29.8 Å². The zero-order valence-electron chi connectivity index (χ0n) is 10.9. The molecule has 4 nitrogen and oxygen atoms in total. The summed E-state index contributed by atoms with van der Waals surface area (Å²) in [5.74, 6) is -3.18. The number of nitrogens with zero attached hydrogens (tertiary/aromatic N) is 1. The lowest BCUT2D eigenvalue weighted by molar-refractivity contribution is -0.118. The van der Waals surface area contributed by atoms with Gasteiger partial charge in [0.1, 0.15) is 18.4 Å². The van der Waals surface area contributed by atoms with E-state index in [0.717, 1.165) is 0 Å². The van der Waals surface area contributed by atoms with Crippen molar-refractivity contribution in [1.82, 2.24) is 10.2 Å². The Kier molecular flexibility index (Phi) is 6.13. The fraction of sp³-hybridized carbons (Fsp3) is 0.538. The van der Waals surface area contributed by atoms with Gasteiger partial charge in [-0.3, -0.25) is 4.90 Å². The second kappa shape index (κ2) is 7.17. The zero-order valence-corrected chi connectivity index (χ0v) is 11.7. The van der Waals surface area contributed by atoms with E-state index in [1.165, 1.54) is 24.3 Å². The molecule has 1 fully saturated rings. The second-order valence-corrected chi connectivity index (χ2v) is 4.70. The molecule has 1 aromatic rings. The number of phenolic OH excluding ortho intramolecular Hbond substituents is 1. The summed E-state index contributed by atoms with van der Waals surface area (Å²) in [6.45, 7) is 1.11. The van der Waals surface area contributed by atoms with Crippen LogP contribution in [0.25, 0.3) is 0 Å². The van der Waals surface area contributed by atoms with Crippen LogP contribution in [0.2, 0.25) is 0 Å². The third kappa shape index (κ3) is 3.79. The van der Waals surface area contributed by atoms with Crippen LogP contribution in [-0.2, 0) is 0 Å². The molecule has 0 bridgehead atoms. The fourth-order valence-corrected chi connectivity index (χ4v) is 2.41. The van der Waals surface area contributed by atoms with Gasteiger partial charge in [0.15, 0.2) is 0 Å². The van der Waals surface area contributed by atoms with Crippen LogP contribution in [0, 0.1) is 0 Å². The number of aliphatic hydroxyl groups is 1. The number of halogens is 3. The Morgan fingerprint density at radius 1 is 1.20 bits per heavy atom. The van der Waals surface area contributed by atoms with E-state index in [1.54, 1.807) is 4.90 Å². The van der Waals surface area contributed by atoms with E-state index in [2.05, 4.69) is 5.32 Å². The third-order valence-corrected chi connectivity index (χ3v) is 3.34. The van der Waals surface area contributed by atoms with Gasteiger partial charge in [0, 0.05) is 26.2 Å². The topological polar surface area (TPSA) is 55.7 Å². The summed E-state index contributed by atoms with van der Waals surface area (Å²) in [5.41, 5.74) is 0.402. The summed E-state index contributed by atoms with van der Waals surface area (Å²) in [4.78, 5) is 1.67. The highest BCUT2D eigenvalue weighted by Gasteiger charge is 2.43. The molecule has 0 unspecified atom stereocenters. The molecule has 0 radical (unpaired) electrons. The van der Waals surface area contributed by atoms with Gasteiger partial charge in [-0.05, 0) is 17.7 Å². The van der Waals surface area contributed by atoms with Gasteiger partial charge in [-0.1, -0.05) is 12.1 Å². The van der Waals surface area contributed by atoms with Gasteiger partial charge in [0.05, 0.1) is 0 Å². The summed E-state index contributed by atoms with van der Waals surface area (Å²) in [5, 5.41) is 21.3. The molecule has 7 heteroatoms. The second-order valence-electron chi connectivity index (χ2n) is 4.70. The first-order valence-corrected chi connectivity index (χ1v) is 6.27. The molecule has 20 heavy (non-hydrogen) atoms. The van der Waals surface area contributed by atoms with Crippen molar-refractivity contribution in [2.24, 2.45) is 0 Å². The Morgan fingerprint density at radius 2 is 1.75 bits per heavy atom. The number of nitrogens with one attached hydrogen (secondary N) is 1. The van der Waals surface area contributed by atoms with Crippen LogP contribution in [0.15, 0.2) is 24.3 Å². The van der Waals surface area contributed by atoms with Crippen LogP contribution in [0.3, 0.4) is 0 Å². The van der Waals surface area contributed by atoms with Gasteiger partial charge in [-0.15, -0.1) is 12.4 Å². The Bertz CT molecular complexity index is 411. The maximum absolute atomic E-state index is 14.0. The van der Waals surface area contributed by atoms with Crippen LogP contribution < -0.4 is 5.32 Å². The van der Waals surface area contributed by atoms with Gasteiger partial charge in [-0.2, -0.15) is 0 Å². The summed E-state index contributed by atoms with van der Waals surface area (Å²) in [7, 11) is 0. The highest BCUT2D eigenvalue weighted by atomic mass is 35.5. The number of alkyl halides is 2. The Balaban J connectivity index is 0.00000200. The minimum atomic E-state index is -3.21. The zero-order chi connectivity index (χ0) is 13.9. The van der Waals surface area contributed by atoms with Crippen molar-refractivity contribution in [2.45, 2.75) is 12.0 Å². The molecule has 1 saturated heterocycles. The van der Waals surface area contributed by atoms with Crippen molar-refractivity contribution in [3.63, 3.8) is 0 Å². The Labute approximate surface area is 122 Å². The number of hydrogen-bond acceptors (Lipinski definition) is 4. The largest absolute Gasteiger partial charge is 0.508 e. The number of phenols is 1. The van der Waals surface area contributed by atoms with Crippen molar-refractivity contribution in [2.75, 3.05) is 32.8 Å². The van der Waals surface area contributed by atoms with Crippen molar-refractivity contribution >= 4 is 12.4 Å². The van der Waals surface area contributed by atoms with E-state index in [0.29, 0.717) is 31.7 Å². The Hall–Kier alpha value is -0.950. The number of aliphatic hydroxyl groups excluding tert-OH is 1. The van der Waals surface area contributed by atoms with E-state index in [1.807, 2.05) is 0 Å². The smallest absolute Gasteiger partial charge is 0.289 e. The molecule has 2 rings (SSSR count).